The minimum absolute atomic E-state index is 0.0373. The molecule has 0 spiro atoms. The molecule has 0 aliphatic carbocycles. The summed E-state index contributed by atoms with van der Waals surface area (Å²) in [5, 5.41) is 11.3. The topological polar surface area (TPSA) is 85.3 Å². The van der Waals surface area contributed by atoms with E-state index in [0.717, 1.165) is 5.56 Å². The average Bonchev–Trinajstić information content (AvgIpc) is 3.14. The number of ether oxygens (including phenoxy) is 3. The van der Waals surface area contributed by atoms with Crippen molar-refractivity contribution in [2.75, 3.05) is 20.3 Å². The SMILES string of the molecule is CCOc1ccc(/C(O)=C2/C(=O)C(=O)N(Cc3cccc(OCC)c3)C2c2ccc(OC)cc2)cc1. The fourth-order valence-corrected chi connectivity index (χ4v) is 4.30. The first kappa shape index (κ1) is 24.9. The third-order valence-electron chi connectivity index (χ3n) is 5.97. The molecule has 1 saturated heterocycles. The number of methoxy groups -OCH3 is 1. The van der Waals surface area contributed by atoms with E-state index in [1.807, 2.05) is 38.1 Å². The number of likely N-dealkylation sites (tertiary alicyclic amines) is 1. The van der Waals surface area contributed by atoms with Crippen LogP contribution in [-0.4, -0.2) is 42.0 Å². The zero-order valence-electron chi connectivity index (χ0n) is 20.6. The lowest BCUT2D eigenvalue weighted by atomic mass is 9.95. The second-order valence-electron chi connectivity index (χ2n) is 8.24. The molecule has 1 heterocycles. The van der Waals surface area contributed by atoms with Crippen molar-refractivity contribution in [1.82, 2.24) is 4.90 Å². The molecule has 0 saturated carbocycles. The summed E-state index contributed by atoms with van der Waals surface area (Å²) in [7, 11) is 1.57. The maximum atomic E-state index is 13.3. The Morgan fingerprint density at radius 2 is 1.50 bits per heavy atom. The van der Waals surface area contributed by atoms with Crippen molar-refractivity contribution in [2.24, 2.45) is 0 Å². The highest BCUT2D eigenvalue weighted by Crippen LogP contribution is 2.41. The van der Waals surface area contributed by atoms with Crippen molar-refractivity contribution in [1.29, 1.82) is 0 Å². The first-order valence-corrected chi connectivity index (χ1v) is 11.8. The average molecular weight is 488 g/mol. The predicted octanol–water partition coefficient (Wildman–Crippen LogP) is 5.11. The Labute approximate surface area is 210 Å². The molecule has 1 fully saturated rings. The van der Waals surface area contributed by atoms with E-state index >= 15 is 0 Å². The third-order valence-corrected chi connectivity index (χ3v) is 5.97. The number of ketones is 1. The van der Waals surface area contributed by atoms with E-state index in [-0.39, 0.29) is 17.9 Å². The number of hydrogen-bond acceptors (Lipinski definition) is 6. The molecule has 1 unspecified atom stereocenters. The summed E-state index contributed by atoms with van der Waals surface area (Å²) in [5.74, 6) is 0.333. The number of Topliss-reactive ketones (excluding diaryl/α,β-unsaturated/α-hetero) is 1. The summed E-state index contributed by atoms with van der Waals surface area (Å²) in [4.78, 5) is 28.0. The first-order valence-electron chi connectivity index (χ1n) is 11.8. The molecule has 0 radical (unpaired) electrons. The normalized spacial score (nSPS) is 16.8. The maximum absolute atomic E-state index is 13.3. The molecular weight excluding hydrogens is 458 g/mol. The smallest absolute Gasteiger partial charge is 0.295 e. The molecule has 1 aliphatic heterocycles. The summed E-state index contributed by atoms with van der Waals surface area (Å²) in [5.41, 5.74) is 1.95. The van der Waals surface area contributed by atoms with Crippen molar-refractivity contribution < 1.29 is 28.9 Å². The molecule has 1 atom stereocenters. The van der Waals surface area contributed by atoms with Gasteiger partial charge >= 0.3 is 0 Å². The molecule has 3 aromatic rings. The van der Waals surface area contributed by atoms with Gasteiger partial charge in [-0.15, -0.1) is 0 Å². The van der Waals surface area contributed by atoms with Crippen molar-refractivity contribution in [3.8, 4) is 17.2 Å². The van der Waals surface area contributed by atoms with Gasteiger partial charge in [-0.2, -0.15) is 0 Å². The van der Waals surface area contributed by atoms with Gasteiger partial charge in [0.05, 0.1) is 31.9 Å². The Bertz CT molecular complexity index is 1260. The van der Waals surface area contributed by atoms with E-state index < -0.39 is 17.7 Å². The van der Waals surface area contributed by atoms with Crippen LogP contribution in [0.3, 0.4) is 0 Å². The van der Waals surface area contributed by atoms with Crippen molar-refractivity contribution in [3.05, 3.63) is 95.1 Å². The van der Waals surface area contributed by atoms with E-state index in [0.29, 0.717) is 41.6 Å². The fourth-order valence-electron chi connectivity index (χ4n) is 4.30. The number of hydrogen-bond donors (Lipinski definition) is 1. The highest BCUT2D eigenvalue weighted by Gasteiger charge is 2.46. The van der Waals surface area contributed by atoms with Gasteiger partial charge in [-0.25, -0.2) is 0 Å². The van der Waals surface area contributed by atoms with Crippen LogP contribution < -0.4 is 14.2 Å². The van der Waals surface area contributed by atoms with Gasteiger partial charge in [-0.05, 0) is 73.5 Å². The van der Waals surface area contributed by atoms with Gasteiger partial charge in [-0.3, -0.25) is 9.59 Å². The second-order valence-corrected chi connectivity index (χ2v) is 8.24. The van der Waals surface area contributed by atoms with E-state index in [2.05, 4.69) is 0 Å². The molecule has 3 aromatic carbocycles. The molecule has 7 heteroatoms. The summed E-state index contributed by atoms with van der Waals surface area (Å²) in [6.45, 7) is 4.98. The zero-order valence-corrected chi connectivity index (χ0v) is 20.6. The summed E-state index contributed by atoms with van der Waals surface area (Å²) in [6, 6.07) is 20.5. The highest BCUT2D eigenvalue weighted by atomic mass is 16.5. The monoisotopic (exact) mass is 487 g/mol. The Morgan fingerprint density at radius 3 is 2.14 bits per heavy atom. The van der Waals surface area contributed by atoms with Gasteiger partial charge in [0.2, 0.25) is 0 Å². The number of amides is 1. The molecule has 0 bridgehead atoms. The highest BCUT2D eigenvalue weighted by molar-refractivity contribution is 6.46. The van der Waals surface area contributed by atoms with Gasteiger partial charge in [0.15, 0.2) is 0 Å². The number of benzene rings is 3. The van der Waals surface area contributed by atoms with Crippen LogP contribution in [0.5, 0.6) is 17.2 Å². The van der Waals surface area contributed by atoms with Crippen molar-refractivity contribution in [2.45, 2.75) is 26.4 Å². The minimum atomic E-state index is -0.779. The summed E-state index contributed by atoms with van der Waals surface area (Å²) >= 11 is 0. The van der Waals surface area contributed by atoms with Crippen LogP contribution in [0.1, 0.15) is 36.6 Å². The standard InChI is InChI=1S/C29H29NO6/c1-4-35-23-15-11-21(12-16-23)27(31)25-26(20-9-13-22(34-3)14-10-20)30(29(33)28(25)32)18-19-7-6-8-24(17-19)36-5-2/h6-17,26,31H,4-5,18H2,1-3H3/b27-25-. The van der Waals surface area contributed by atoms with Crippen molar-refractivity contribution >= 4 is 17.4 Å². The number of aliphatic hydroxyl groups is 1. The van der Waals surface area contributed by atoms with Gasteiger partial charge < -0.3 is 24.2 Å². The van der Waals surface area contributed by atoms with E-state index in [4.69, 9.17) is 14.2 Å². The quantitative estimate of drug-likeness (QED) is 0.256. The molecule has 186 valence electrons. The molecule has 0 aromatic heterocycles. The Morgan fingerprint density at radius 1 is 0.861 bits per heavy atom. The molecule has 1 amide bonds. The number of carbonyl (C=O) groups is 2. The predicted molar refractivity (Wildman–Crippen MR) is 136 cm³/mol. The minimum Gasteiger partial charge on any atom is -0.507 e. The third kappa shape index (κ3) is 5.05. The van der Waals surface area contributed by atoms with Crippen LogP contribution in [-0.2, 0) is 16.1 Å². The second kappa shape index (κ2) is 11.0. The van der Waals surface area contributed by atoms with Gasteiger partial charge in [0.1, 0.15) is 23.0 Å². The number of nitrogens with zero attached hydrogens (tertiary/aromatic N) is 1. The fraction of sp³-hybridized carbons (Fsp3) is 0.241. The van der Waals surface area contributed by atoms with Gasteiger partial charge in [-0.1, -0.05) is 24.3 Å². The molecule has 36 heavy (non-hydrogen) atoms. The largest absolute Gasteiger partial charge is 0.507 e. The van der Waals surface area contributed by atoms with E-state index in [9.17, 15) is 14.7 Å². The van der Waals surface area contributed by atoms with Gasteiger partial charge in [0.25, 0.3) is 11.7 Å². The Kier molecular flexibility index (Phi) is 7.59. The summed E-state index contributed by atoms with van der Waals surface area (Å²) < 4.78 is 16.3. The van der Waals surface area contributed by atoms with Crippen LogP contribution in [0.4, 0.5) is 0 Å². The van der Waals surface area contributed by atoms with Gasteiger partial charge in [0, 0.05) is 12.1 Å². The van der Waals surface area contributed by atoms with Crippen LogP contribution >= 0.6 is 0 Å². The van der Waals surface area contributed by atoms with Crippen LogP contribution in [0.15, 0.2) is 78.4 Å². The molecule has 7 nitrogen and oxygen atoms in total. The van der Waals surface area contributed by atoms with E-state index in [1.54, 1.807) is 55.6 Å². The number of carbonyl (C=O) groups excluding carboxylic acids is 2. The lowest BCUT2D eigenvalue weighted by Crippen LogP contribution is -2.29. The number of aliphatic hydroxyl groups excluding tert-OH is 1. The molecular formula is C29H29NO6. The van der Waals surface area contributed by atoms with E-state index in [1.165, 1.54) is 4.90 Å². The van der Waals surface area contributed by atoms with Crippen LogP contribution in [0.2, 0.25) is 0 Å². The zero-order chi connectivity index (χ0) is 25.7. The molecule has 1 aliphatic rings. The lowest BCUT2D eigenvalue weighted by Gasteiger charge is -2.26. The number of rotatable bonds is 9. The maximum Gasteiger partial charge on any atom is 0.295 e. The first-order chi connectivity index (χ1) is 17.5. The Balaban J connectivity index is 1.79. The Hall–Kier alpha value is -4.26. The lowest BCUT2D eigenvalue weighted by molar-refractivity contribution is -0.140. The summed E-state index contributed by atoms with van der Waals surface area (Å²) in [6.07, 6.45) is 0. The molecule has 4 rings (SSSR count). The van der Waals surface area contributed by atoms with Crippen LogP contribution in [0.25, 0.3) is 5.76 Å². The van der Waals surface area contributed by atoms with Crippen molar-refractivity contribution in [3.63, 3.8) is 0 Å². The van der Waals surface area contributed by atoms with Crippen LogP contribution in [0, 0.1) is 0 Å². The molecule has 1 N–H and O–H groups in total.